The first-order valence-corrected chi connectivity index (χ1v) is 7.73. The van der Waals surface area contributed by atoms with Crippen molar-refractivity contribution in [3.63, 3.8) is 0 Å². The predicted octanol–water partition coefficient (Wildman–Crippen LogP) is 3.31. The van der Waals surface area contributed by atoms with Gasteiger partial charge in [-0.3, -0.25) is 0 Å². The second kappa shape index (κ2) is 6.48. The maximum atomic E-state index is 9.97. The summed E-state index contributed by atoms with van der Waals surface area (Å²) < 4.78 is 0. The van der Waals surface area contributed by atoms with E-state index in [2.05, 4.69) is 27.8 Å². The SMILES string of the molecule is CC(C)(C)C(O)CNCc1csc(-c2ccccc2)n1. The number of nitrogens with one attached hydrogen (secondary N) is 1. The monoisotopic (exact) mass is 290 g/mol. The maximum absolute atomic E-state index is 9.97. The van der Waals surface area contributed by atoms with Crippen molar-refractivity contribution >= 4 is 11.3 Å². The highest BCUT2D eigenvalue weighted by atomic mass is 32.1. The van der Waals surface area contributed by atoms with Crippen LogP contribution < -0.4 is 5.32 Å². The number of hydrogen-bond acceptors (Lipinski definition) is 4. The first-order valence-electron chi connectivity index (χ1n) is 6.85. The molecule has 0 amide bonds. The summed E-state index contributed by atoms with van der Waals surface area (Å²) >= 11 is 1.65. The van der Waals surface area contributed by atoms with Crippen molar-refractivity contribution in [2.45, 2.75) is 33.4 Å². The lowest BCUT2D eigenvalue weighted by Crippen LogP contribution is -2.36. The summed E-state index contributed by atoms with van der Waals surface area (Å²) in [6.07, 6.45) is -0.352. The number of aromatic nitrogens is 1. The van der Waals surface area contributed by atoms with E-state index >= 15 is 0 Å². The van der Waals surface area contributed by atoms with Crippen LogP contribution in [0.15, 0.2) is 35.7 Å². The second-order valence-corrected chi connectivity index (χ2v) is 6.88. The number of nitrogens with zero attached hydrogens (tertiary/aromatic N) is 1. The summed E-state index contributed by atoms with van der Waals surface area (Å²) in [4.78, 5) is 4.61. The molecule has 4 heteroatoms. The number of benzene rings is 1. The first-order chi connectivity index (χ1) is 9.47. The summed E-state index contributed by atoms with van der Waals surface area (Å²) in [5.41, 5.74) is 2.08. The fourth-order valence-corrected chi connectivity index (χ4v) is 2.57. The van der Waals surface area contributed by atoms with Gasteiger partial charge in [0.25, 0.3) is 0 Å². The highest BCUT2D eigenvalue weighted by Gasteiger charge is 2.21. The van der Waals surface area contributed by atoms with E-state index in [1.54, 1.807) is 11.3 Å². The zero-order valence-electron chi connectivity index (χ0n) is 12.3. The Balaban J connectivity index is 1.88. The molecule has 0 aliphatic heterocycles. The molecule has 0 spiro atoms. The molecule has 0 radical (unpaired) electrons. The smallest absolute Gasteiger partial charge is 0.123 e. The zero-order valence-corrected chi connectivity index (χ0v) is 13.1. The van der Waals surface area contributed by atoms with E-state index < -0.39 is 0 Å². The number of aliphatic hydroxyl groups excluding tert-OH is 1. The van der Waals surface area contributed by atoms with Gasteiger partial charge in [-0.2, -0.15) is 0 Å². The third-order valence-corrected chi connectivity index (χ3v) is 4.16. The highest BCUT2D eigenvalue weighted by molar-refractivity contribution is 7.13. The average Bonchev–Trinajstić information content (AvgIpc) is 2.87. The van der Waals surface area contributed by atoms with Crippen LogP contribution in [-0.4, -0.2) is 22.7 Å². The molecule has 0 saturated heterocycles. The van der Waals surface area contributed by atoms with Crippen molar-refractivity contribution in [3.05, 3.63) is 41.4 Å². The van der Waals surface area contributed by atoms with Crippen LogP contribution in [0.1, 0.15) is 26.5 Å². The van der Waals surface area contributed by atoms with Crippen LogP contribution in [0.3, 0.4) is 0 Å². The summed E-state index contributed by atoms with van der Waals surface area (Å²) in [5, 5.41) is 16.3. The van der Waals surface area contributed by atoms with Crippen molar-refractivity contribution in [3.8, 4) is 10.6 Å². The molecule has 0 aliphatic carbocycles. The van der Waals surface area contributed by atoms with Gasteiger partial charge >= 0.3 is 0 Å². The van der Waals surface area contributed by atoms with Gasteiger partial charge in [0.15, 0.2) is 0 Å². The van der Waals surface area contributed by atoms with Crippen LogP contribution in [0, 0.1) is 5.41 Å². The predicted molar refractivity (Wildman–Crippen MR) is 84.7 cm³/mol. The fraction of sp³-hybridized carbons (Fsp3) is 0.438. The molecule has 108 valence electrons. The highest BCUT2D eigenvalue weighted by Crippen LogP contribution is 2.23. The number of thiazole rings is 1. The molecule has 0 saturated carbocycles. The van der Waals surface area contributed by atoms with Gasteiger partial charge in [0.2, 0.25) is 0 Å². The molecule has 0 bridgehead atoms. The van der Waals surface area contributed by atoms with Crippen LogP contribution in [-0.2, 0) is 6.54 Å². The van der Waals surface area contributed by atoms with E-state index in [-0.39, 0.29) is 11.5 Å². The molecule has 3 nitrogen and oxygen atoms in total. The first kappa shape index (κ1) is 15.2. The van der Waals surface area contributed by atoms with E-state index in [1.807, 2.05) is 39.0 Å². The Morgan fingerprint density at radius 1 is 1.25 bits per heavy atom. The Hall–Kier alpha value is -1.23. The average molecular weight is 290 g/mol. The van der Waals surface area contributed by atoms with Crippen molar-refractivity contribution in [2.75, 3.05) is 6.54 Å². The van der Waals surface area contributed by atoms with E-state index in [0.29, 0.717) is 13.1 Å². The van der Waals surface area contributed by atoms with Crippen LogP contribution >= 0.6 is 11.3 Å². The Kier molecular flexibility index (Phi) is 4.91. The van der Waals surface area contributed by atoms with E-state index in [0.717, 1.165) is 16.3 Å². The van der Waals surface area contributed by atoms with E-state index in [1.165, 1.54) is 0 Å². The van der Waals surface area contributed by atoms with Gasteiger partial charge in [-0.25, -0.2) is 4.98 Å². The Labute approximate surface area is 124 Å². The lowest BCUT2D eigenvalue weighted by atomic mass is 9.89. The van der Waals surface area contributed by atoms with Crippen LogP contribution in [0.25, 0.3) is 10.6 Å². The molecular weight excluding hydrogens is 268 g/mol. The molecule has 1 heterocycles. The van der Waals surface area contributed by atoms with Gasteiger partial charge in [0, 0.05) is 24.0 Å². The maximum Gasteiger partial charge on any atom is 0.123 e. The summed E-state index contributed by atoms with van der Waals surface area (Å²) in [7, 11) is 0. The standard InChI is InChI=1S/C16H22N2OS/c1-16(2,3)14(19)10-17-9-13-11-20-15(18-13)12-7-5-4-6-8-12/h4-8,11,14,17,19H,9-10H2,1-3H3. The van der Waals surface area contributed by atoms with E-state index in [9.17, 15) is 5.11 Å². The Bertz CT molecular complexity index is 531. The number of hydrogen-bond donors (Lipinski definition) is 2. The van der Waals surface area contributed by atoms with Gasteiger partial charge in [-0.05, 0) is 5.41 Å². The molecule has 0 fully saturated rings. The van der Waals surface area contributed by atoms with Crippen molar-refractivity contribution in [1.29, 1.82) is 0 Å². The molecule has 2 N–H and O–H groups in total. The van der Waals surface area contributed by atoms with Gasteiger partial charge in [-0.1, -0.05) is 51.1 Å². The third kappa shape index (κ3) is 4.13. The Morgan fingerprint density at radius 2 is 1.95 bits per heavy atom. The molecule has 1 unspecified atom stereocenters. The van der Waals surface area contributed by atoms with E-state index in [4.69, 9.17) is 0 Å². The van der Waals surface area contributed by atoms with Gasteiger partial charge < -0.3 is 10.4 Å². The van der Waals surface area contributed by atoms with Crippen molar-refractivity contribution < 1.29 is 5.11 Å². The zero-order chi connectivity index (χ0) is 14.6. The lowest BCUT2D eigenvalue weighted by molar-refractivity contribution is 0.0627. The second-order valence-electron chi connectivity index (χ2n) is 6.02. The molecule has 1 aromatic carbocycles. The molecule has 2 aromatic rings. The minimum atomic E-state index is -0.352. The summed E-state index contributed by atoms with van der Waals surface area (Å²) in [5.74, 6) is 0. The van der Waals surface area contributed by atoms with Crippen LogP contribution in [0.5, 0.6) is 0 Å². The lowest BCUT2D eigenvalue weighted by Gasteiger charge is -2.25. The van der Waals surface area contributed by atoms with Gasteiger partial charge in [-0.15, -0.1) is 11.3 Å². The molecule has 2 rings (SSSR count). The molecule has 20 heavy (non-hydrogen) atoms. The molecule has 1 aromatic heterocycles. The largest absolute Gasteiger partial charge is 0.391 e. The quantitative estimate of drug-likeness (QED) is 0.888. The summed E-state index contributed by atoms with van der Waals surface area (Å²) in [6.45, 7) is 7.39. The van der Waals surface area contributed by atoms with Gasteiger partial charge in [0.1, 0.15) is 5.01 Å². The number of rotatable bonds is 5. The summed E-state index contributed by atoms with van der Waals surface area (Å²) in [6, 6.07) is 10.2. The molecular formula is C16H22N2OS. The topological polar surface area (TPSA) is 45.1 Å². The minimum absolute atomic E-state index is 0.0930. The third-order valence-electron chi connectivity index (χ3n) is 3.22. The fourth-order valence-electron chi connectivity index (χ4n) is 1.74. The Morgan fingerprint density at radius 3 is 2.60 bits per heavy atom. The molecule has 0 aliphatic rings. The van der Waals surface area contributed by atoms with Gasteiger partial charge in [0.05, 0.1) is 11.8 Å². The minimum Gasteiger partial charge on any atom is -0.391 e. The number of aliphatic hydroxyl groups is 1. The van der Waals surface area contributed by atoms with Crippen molar-refractivity contribution in [2.24, 2.45) is 5.41 Å². The van der Waals surface area contributed by atoms with Crippen LogP contribution in [0.4, 0.5) is 0 Å². The van der Waals surface area contributed by atoms with Crippen molar-refractivity contribution in [1.82, 2.24) is 10.3 Å². The molecule has 1 atom stereocenters. The van der Waals surface area contributed by atoms with Crippen LogP contribution in [0.2, 0.25) is 0 Å². The normalized spacial score (nSPS) is 13.4.